The van der Waals surface area contributed by atoms with Crippen molar-refractivity contribution in [2.45, 2.75) is 41.5 Å². The van der Waals surface area contributed by atoms with Crippen molar-refractivity contribution in [3.8, 4) is 0 Å². The van der Waals surface area contributed by atoms with Crippen LogP contribution in [0, 0.1) is 6.92 Å². The van der Waals surface area contributed by atoms with E-state index in [4.69, 9.17) is 0 Å². The molecule has 0 bridgehead atoms. The summed E-state index contributed by atoms with van der Waals surface area (Å²) in [6.45, 7) is 6.18. The molecule has 0 fully saturated rings. The Labute approximate surface area is 165 Å². The van der Waals surface area contributed by atoms with Gasteiger partial charge in [0.25, 0.3) is 10.0 Å². The van der Waals surface area contributed by atoms with E-state index in [-0.39, 0.29) is 4.90 Å². The first-order valence-corrected chi connectivity index (χ1v) is 11.0. The maximum absolute atomic E-state index is 12.8. The second kappa shape index (κ2) is 8.15. The molecule has 0 unspecified atom stereocenters. The summed E-state index contributed by atoms with van der Waals surface area (Å²) < 4.78 is 28.2. The quantitative estimate of drug-likeness (QED) is 0.598. The van der Waals surface area contributed by atoms with Crippen LogP contribution < -0.4 is 4.72 Å². The highest BCUT2D eigenvalue weighted by molar-refractivity contribution is 7.99. The number of anilines is 1. The summed E-state index contributed by atoms with van der Waals surface area (Å²) in [6, 6.07) is 18.5. The lowest BCUT2D eigenvalue weighted by Gasteiger charge is -2.12. The lowest BCUT2D eigenvalue weighted by molar-refractivity contribution is 0.601. The molecule has 0 saturated carbocycles. The second-order valence-corrected chi connectivity index (χ2v) is 9.35. The molecule has 0 aliphatic carbocycles. The molecular weight excluding hydrogens is 376 g/mol. The van der Waals surface area contributed by atoms with Crippen LogP contribution in [0.5, 0.6) is 0 Å². The number of nitrogens with zero attached hydrogens (tertiary/aromatic N) is 1. The van der Waals surface area contributed by atoms with Crippen molar-refractivity contribution in [2.24, 2.45) is 0 Å². The highest BCUT2D eigenvalue weighted by Gasteiger charge is 2.17. The summed E-state index contributed by atoms with van der Waals surface area (Å²) in [4.78, 5) is 5.59. The number of hydrogen-bond donors (Lipinski definition) is 1. The van der Waals surface area contributed by atoms with Crippen molar-refractivity contribution >= 4 is 27.5 Å². The Morgan fingerprint density at radius 1 is 0.963 bits per heavy atom. The zero-order valence-electron chi connectivity index (χ0n) is 15.5. The smallest absolute Gasteiger partial charge is 0.261 e. The molecule has 0 aliphatic heterocycles. The number of benzene rings is 2. The van der Waals surface area contributed by atoms with Crippen LogP contribution >= 0.6 is 11.8 Å². The minimum atomic E-state index is -3.68. The average molecular weight is 399 g/mol. The van der Waals surface area contributed by atoms with E-state index in [1.807, 2.05) is 43.3 Å². The topological polar surface area (TPSA) is 59.1 Å². The minimum Gasteiger partial charge on any atom is -0.277 e. The van der Waals surface area contributed by atoms with Gasteiger partial charge in [0.15, 0.2) is 0 Å². The van der Waals surface area contributed by atoms with Crippen molar-refractivity contribution in [2.75, 3.05) is 4.72 Å². The SMILES string of the molecule is Cc1ccc(Sc2ncccc2NS(=O)(=O)c2ccc(C(C)C)cc2)cc1. The molecule has 27 heavy (non-hydrogen) atoms. The Balaban J connectivity index is 1.85. The first-order valence-electron chi connectivity index (χ1n) is 8.67. The van der Waals surface area contributed by atoms with Crippen molar-refractivity contribution in [3.63, 3.8) is 0 Å². The van der Waals surface area contributed by atoms with Gasteiger partial charge in [0, 0.05) is 11.1 Å². The maximum Gasteiger partial charge on any atom is 0.261 e. The minimum absolute atomic E-state index is 0.238. The largest absolute Gasteiger partial charge is 0.277 e. The normalized spacial score (nSPS) is 11.6. The average Bonchev–Trinajstić information content (AvgIpc) is 2.65. The molecule has 1 N–H and O–H groups in total. The number of rotatable bonds is 6. The zero-order chi connectivity index (χ0) is 19.4. The van der Waals surface area contributed by atoms with E-state index in [1.54, 1.807) is 30.5 Å². The van der Waals surface area contributed by atoms with Crippen LogP contribution in [0.1, 0.15) is 30.9 Å². The van der Waals surface area contributed by atoms with Gasteiger partial charge in [-0.05, 0) is 54.8 Å². The van der Waals surface area contributed by atoms with E-state index in [1.165, 1.54) is 17.3 Å². The van der Waals surface area contributed by atoms with Gasteiger partial charge in [0.05, 0.1) is 10.6 Å². The van der Waals surface area contributed by atoms with E-state index in [0.29, 0.717) is 16.6 Å². The van der Waals surface area contributed by atoms with Crippen LogP contribution in [-0.4, -0.2) is 13.4 Å². The Morgan fingerprint density at radius 2 is 1.63 bits per heavy atom. The summed E-state index contributed by atoms with van der Waals surface area (Å²) in [5.74, 6) is 0.352. The third kappa shape index (κ3) is 4.90. The molecule has 0 spiro atoms. The Hall–Kier alpha value is -2.31. The van der Waals surface area contributed by atoms with E-state index in [2.05, 4.69) is 23.6 Å². The summed E-state index contributed by atoms with van der Waals surface area (Å²) in [5, 5.41) is 0.615. The van der Waals surface area contributed by atoms with Crippen LogP contribution in [0.3, 0.4) is 0 Å². The van der Waals surface area contributed by atoms with Crippen molar-refractivity contribution in [1.82, 2.24) is 4.98 Å². The van der Waals surface area contributed by atoms with Crippen LogP contribution in [-0.2, 0) is 10.0 Å². The standard InChI is InChI=1S/C21H22N2O2S2/c1-15(2)17-8-12-19(13-9-17)27(24,25)23-20-5-4-14-22-21(20)26-18-10-6-16(3)7-11-18/h4-15,23H,1-3H3. The summed E-state index contributed by atoms with van der Waals surface area (Å²) in [5.41, 5.74) is 2.74. The summed E-state index contributed by atoms with van der Waals surface area (Å²) in [7, 11) is -3.68. The lowest BCUT2D eigenvalue weighted by atomic mass is 10.0. The van der Waals surface area contributed by atoms with Crippen molar-refractivity contribution in [1.29, 1.82) is 0 Å². The lowest BCUT2D eigenvalue weighted by Crippen LogP contribution is -2.14. The van der Waals surface area contributed by atoms with Gasteiger partial charge in [-0.2, -0.15) is 0 Å². The van der Waals surface area contributed by atoms with E-state index in [0.717, 1.165) is 10.5 Å². The van der Waals surface area contributed by atoms with Gasteiger partial charge in [0.1, 0.15) is 5.03 Å². The fourth-order valence-corrected chi connectivity index (χ4v) is 4.47. The number of pyridine rings is 1. The number of aryl methyl sites for hydroxylation is 1. The summed E-state index contributed by atoms with van der Waals surface area (Å²) >= 11 is 1.43. The molecule has 1 aromatic heterocycles. The first-order chi connectivity index (χ1) is 12.8. The van der Waals surface area contributed by atoms with Gasteiger partial charge in [-0.15, -0.1) is 0 Å². The number of aromatic nitrogens is 1. The molecule has 6 heteroatoms. The van der Waals surface area contributed by atoms with E-state index < -0.39 is 10.0 Å². The fraction of sp³-hybridized carbons (Fsp3) is 0.190. The van der Waals surface area contributed by atoms with Crippen LogP contribution in [0.15, 0.2) is 81.7 Å². The Morgan fingerprint density at radius 3 is 2.26 bits per heavy atom. The highest BCUT2D eigenvalue weighted by Crippen LogP contribution is 2.32. The van der Waals surface area contributed by atoms with Crippen LogP contribution in [0.25, 0.3) is 0 Å². The van der Waals surface area contributed by atoms with Gasteiger partial charge in [-0.1, -0.05) is 55.4 Å². The molecule has 0 aliphatic rings. The van der Waals surface area contributed by atoms with Gasteiger partial charge >= 0.3 is 0 Å². The fourth-order valence-electron chi connectivity index (χ4n) is 2.50. The van der Waals surface area contributed by atoms with E-state index >= 15 is 0 Å². The Bertz CT molecular complexity index is 1010. The molecule has 140 valence electrons. The molecular formula is C21H22N2O2S2. The van der Waals surface area contributed by atoms with Gasteiger partial charge in [-0.3, -0.25) is 4.72 Å². The molecule has 1 heterocycles. The Kier molecular flexibility index (Phi) is 5.87. The molecule has 2 aromatic carbocycles. The second-order valence-electron chi connectivity index (χ2n) is 6.60. The summed E-state index contributed by atoms with van der Waals surface area (Å²) in [6.07, 6.45) is 1.66. The molecule has 4 nitrogen and oxygen atoms in total. The van der Waals surface area contributed by atoms with Crippen molar-refractivity contribution in [3.05, 3.63) is 78.0 Å². The van der Waals surface area contributed by atoms with Gasteiger partial charge in [0.2, 0.25) is 0 Å². The zero-order valence-corrected chi connectivity index (χ0v) is 17.1. The molecule has 0 atom stereocenters. The monoisotopic (exact) mass is 398 g/mol. The highest BCUT2D eigenvalue weighted by atomic mass is 32.2. The molecule has 0 saturated heterocycles. The number of sulfonamides is 1. The predicted octanol–water partition coefficient (Wildman–Crippen LogP) is 5.47. The van der Waals surface area contributed by atoms with Crippen LogP contribution in [0.4, 0.5) is 5.69 Å². The maximum atomic E-state index is 12.8. The third-order valence-corrected chi connectivity index (χ3v) is 6.52. The van der Waals surface area contributed by atoms with Crippen LogP contribution in [0.2, 0.25) is 0 Å². The molecule has 3 aromatic rings. The van der Waals surface area contributed by atoms with Gasteiger partial charge < -0.3 is 0 Å². The van der Waals surface area contributed by atoms with Crippen molar-refractivity contribution < 1.29 is 8.42 Å². The first kappa shape index (κ1) is 19.5. The third-order valence-electron chi connectivity index (χ3n) is 4.11. The number of hydrogen-bond acceptors (Lipinski definition) is 4. The molecule has 3 rings (SSSR count). The molecule has 0 amide bonds. The number of nitrogens with one attached hydrogen (secondary N) is 1. The van der Waals surface area contributed by atoms with E-state index in [9.17, 15) is 8.42 Å². The predicted molar refractivity (Wildman–Crippen MR) is 111 cm³/mol. The van der Waals surface area contributed by atoms with Gasteiger partial charge in [-0.25, -0.2) is 13.4 Å². The molecule has 0 radical (unpaired) electrons.